The van der Waals surface area contributed by atoms with Crippen LogP contribution in [0.15, 0.2) is 48.5 Å². The summed E-state index contributed by atoms with van der Waals surface area (Å²) in [6, 6.07) is 14.9. The van der Waals surface area contributed by atoms with Crippen LogP contribution < -0.4 is 5.32 Å². The molecule has 1 aliphatic carbocycles. The van der Waals surface area contributed by atoms with E-state index >= 15 is 0 Å². The number of hydrogen-bond acceptors (Lipinski definition) is 3. The highest BCUT2D eigenvalue weighted by molar-refractivity contribution is 5.85. The van der Waals surface area contributed by atoms with Gasteiger partial charge < -0.3 is 9.84 Å². The molecule has 0 saturated carbocycles. The zero-order chi connectivity index (χ0) is 19.8. The number of carboxylic acid groups (broad SMARTS) is 1. The summed E-state index contributed by atoms with van der Waals surface area (Å²) >= 11 is 0. The third-order valence-electron chi connectivity index (χ3n) is 4.69. The molecule has 0 radical (unpaired) electrons. The molecule has 3 rings (SSSR count). The highest BCUT2D eigenvalue weighted by Gasteiger charge is 2.59. The second-order valence-electron chi connectivity index (χ2n) is 6.38. The van der Waals surface area contributed by atoms with Crippen molar-refractivity contribution in [2.24, 2.45) is 0 Å². The topological polar surface area (TPSA) is 75.6 Å². The van der Waals surface area contributed by atoms with Gasteiger partial charge >= 0.3 is 18.2 Å². The number of halogens is 3. The molecule has 2 aromatic carbocycles. The number of alkyl carbamates (subject to hydrolysis) is 1. The number of amides is 1. The molecule has 0 unspecified atom stereocenters. The van der Waals surface area contributed by atoms with Gasteiger partial charge in [-0.15, -0.1) is 0 Å². The van der Waals surface area contributed by atoms with E-state index in [2.05, 4.69) is 0 Å². The Morgan fingerprint density at radius 2 is 1.52 bits per heavy atom. The SMILES string of the molecule is C[C@@](NC(=O)OCC1c2ccccc2-c2ccccc21)(C(=O)O)C(F)(F)F. The molecule has 0 saturated heterocycles. The van der Waals surface area contributed by atoms with E-state index in [9.17, 15) is 22.8 Å². The minimum atomic E-state index is -5.18. The molecule has 142 valence electrons. The van der Waals surface area contributed by atoms with Crippen LogP contribution in [0, 0.1) is 0 Å². The number of nitrogens with one attached hydrogen (secondary N) is 1. The first kappa shape index (κ1) is 18.8. The Morgan fingerprint density at radius 1 is 1.04 bits per heavy atom. The fourth-order valence-corrected chi connectivity index (χ4v) is 3.08. The number of fused-ring (bicyclic) bond motifs is 3. The second kappa shape index (κ2) is 6.61. The molecular weight excluding hydrogens is 363 g/mol. The van der Waals surface area contributed by atoms with Gasteiger partial charge in [-0.1, -0.05) is 48.5 Å². The van der Waals surface area contributed by atoms with E-state index in [0.29, 0.717) is 6.92 Å². The molecule has 0 spiro atoms. The molecular formula is C19H16F3NO4. The van der Waals surface area contributed by atoms with Crippen molar-refractivity contribution in [1.82, 2.24) is 5.32 Å². The smallest absolute Gasteiger partial charge is 0.422 e. The van der Waals surface area contributed by atoms with E-state index < -0.39 is 23.8 Å². The average molecular weight is 379 g/mol. The van der Waals surface area contributed by atoms with Gasteiger partial charge in [0.25, 0.3) is 0 Å². The quantitative estimate of drug-likeness (QED) is 0.844. The molecule has 0 aromatic heterocycles. The molecule has 0 bridgehead atoms. The molecule has 5 nitrogen and oxygen atoms in total. The first-order valence-corrected chi connectivity index (χ1v) is 8.08. The Labute approximate surface area is 152 Å². The zero-order valence-corrected chi connectivity index (χ0v) is 14.2. The molecule has 1 atom stereocenters. The van der Waals surface area contributed by atoms with Crippen LogP contribution in [0.5, 0.6) is 0 Å². The summed E-state index contributed by atoms with van der Waals surface area (Å²) in [5.41, 5.74) is 0.280. The van der Waals surface area contributed by atoms with Crippen molar-refractivity contribution >= 4 is 12.1 Å². The van der Waals surface area contributed by atoms with E-state index in [1.165, 1.54) is 5.32 Å². The summed E-state index contributed by atoms with van der Waals surface area (Å²) in [7, 11) is 0. The highest BCUT2D eigenvalue weighted by Crippen LogP contribution is 2.44. The van der Waals surface area contributed by atoms with Gasteiger partial charge in [0.05, 0.1) is 0 Å². The van der Waals surface area contributed by atoms with Crippen molar-refractivity contribution in [2.45, 2.75) is 24.6 Å². The molecule has 27 heavy (non-hydrogen) atoms. The first-order chi connectivity index (χ1) is 12.6. The van der Waals surface area contributed by atoms with Crippen LogP contribution in [0.25, 0.3) is 11.1 Å². The number of carbonyl (C=O) groups excluding carboxylic acids is 1. The van der Waals surface area contributed by atoms with Crippen LogP contribution in [-0.4, -0.2) is 35.5 Å². The molecule has 0 heterocycles. The van der Waals surface area contributed by atoms with E-state index in [4.69, 9.17) is 9.84 Å². The predicted molar refractivity (Wildman–Crippen MR) is 90.3 cm³/mol. The van der Waals surface area contributed by atoms with Crippen LogP contribution >= 0.6 is 0 Å². The summed E-state index contributed by atoms with van der Waals surface area (Å²) < 4.78 is 44.0. The van der Waals surface area contributed by atoms with Crippen molar-refractivity contribution in [3.8, 4) is 11.1 Å². The fourth-order valence-electron chi connectivity index (χ4n) is 3.08. The largest absolute Gasteiger partial charge is 0.479 e. The first-order valence-electron chi connectivity index (χ1n) is 8.08. The summed E-state index contributed by atoms with van der Waals surface area (Å²) in [5.74, 6) is -2.56. The van der Waals surface area contributed by atoms with Crippen LogP contribution in [0.3, 0.4) is 0 Å². The van der Waals surface area contributed by atoms with Gasteiger partial charge in [0.1, 0.15) is 6.61 Å². The number of ether oxygens (including phenoxy) is 1. The third-order valence-corrected chi connectivity index (χ3v) is 4.69. The molecule has 8 heteroatoms. The van der Waals surface area contributed by atoms with Gasteiger partial charge in [-0.3, -0.25) is 5.32 Å². The summed E-state index contributed by atoms with van der Waals surface area (Å²) in [6.45, 7) is 0.157. The van der Waals surface area contributed by atoms with E-state index in [1.54, 1.807) is 0 Å². The number of hydrogen-bond donors (Lipinski definition) is 2. The van der Waals surface area contributed by atoms with Crippen molar-refractivity contribution in [3.63, 3.8) is 0 Å². The van der Waals surface area contributed by atoms with Gasteiger partial charge in [-0.25, -0.2) is 9.59 Å². The van der Waals surface area contributed by atoms with E-state index in [0.717, 1.165) is 22.3 Å². The zero-order valence-electron chi connectivity index (χ0n) is 14.2. The van der Waals surface area contributed by atoms with Gasteiger partial charge in [-0.2, -0.15) is 13.2 Å². The minimum Gasteiger partial charge on any atom is -0.479 e. The summed E-state index contributed by atoms with van der Waals surface area (Å²) in [6.07, 6.45) is -6.62. The second-order valence-corrected chi connectivity index (χ2v) is 6.38. The number of carbonyl (C=O) groups is 2. The van der Waals surface area contributed by atoms with Gasteiger partial charge in [0, 0.05) is 5.92 Å². The molecule has 2 aromatic rings. The fraction of sp³-hybridized carbons (Fsp3) is 0.263. The number of carboxylic acids is 1. The van der Waals surface area contributed by atoms with Crippen molar-refractivity contribution in [3.05, 3.63) is 59.7 Å². The lowest BCUT2D eigenvalue weighted by atomic mass is 9.98. The number of alkyl halides is 3. The molecule has 1 aliphatic rings. The minimum absolute atomic E-state index is 0.215. The van der Waals surface area contributed by atoms with Gasteiger partial charge in [-0.05, 0) is 29.2 Å². The predicted octanol–water partition coefficient (Wildman–Crippen LogP) is 3.93. The maximum Gasteiger partial charge on any atom is 0.422 e. The number of benzene rings is 2. The highest BCUT2D eigenvalue weighted by atomic mass is 19.4. The Morgan fingerprint density at radius 3 is 1.96 bits per heavy atom. The number of rotatable bonds is 4. The summed E-state index contributed by atoms with van der Waals surface area (Å²) in [5, 5.41) is 10.3. The lowest BCUT2D eigenvalue weighted by molar-refractivity contribution is -0.204. The summed E-state index contributed by atoms with van der Waals surface area (Å²) in [4.78, 5) is 22.9. The van der Waals surface area contributed by atoms with E-state index in [-0.39, 0.29) is 12.5 Å². The average Bonchev–Trinajstić information content (AvgIpc) is 2.93. The molecule has 1 amide bonds. The Hall–Kier alpha value is -3.03. The standard InChI is InChI=1S/C19H16F3NO4/c1-18(16(24)25,19(20,21)22)23-17(26)27-10-15-13-8-4-2-6-11(13)12-7-3-5-9-14(12)15/h2-9,15H,10H2,1H3,(H,23,26)(H,24,25)/t18-/m1/s1. The van der Waals surface area contributed by atoms with Gasteiger partial charge in [0.2, 0.25) is 5.54 Å². The van der Waals surface area contributed by atoms with Crippen molar-refractivity contribution in [1.29, 1.82) is 0 Å². The Bertz CT molecular complexity index is 851. The van der Waals surface area contributed by atoms with Crippen molar-refractivity contribution in [2.75, 3.05) is 6.61 Å². The Balaban J connectivity index is 1.77. The van der Waals surface area contributed by atoms with Crippen LogP contribution in [0.1, 0.15) is 24.0 Å². The molecule has 0 aliphatic heterocycles. The number of aliphatic carboxylic acids is 1. The third kappa shape index (κ3) is 3.22. The molecule has 2 N–H and O–H groups in total. The van der Waals surface area contributed by atoms with Crippen molar-refractivity contribution < 1.29 is 32.6 Å². The maximum atomic E-state index is 13.0. The Kier molecular flexibility index (Phi) is 4.59. The lowest BCUT2D eigenvalue weighted by Crippen LogP contribution is -2.62. The maximum absolute atomic E-state index is 13.0. The van der Waals surface area contributed by atoms with Crippen LogP contribution in [0.4, 0.5) is 18.0 Å². The molecule has 0 fully saturated rings. The van der Waals surface area contributed by atoms with Crippen LogP contribution in [0.2, 0.25) is 0 Å². The lowest BCUT2D eigenvalue weighted by Gasteiger charge is -2.28. The van der Waals surface area contributed by atoms with Gasteiger partial charge in [0.15, 0.2) is 0 Å². The monoisotopic (exact) mass is 379 g/mol. The van der Waals surface area contributed by atoms with E-state index in [1.807, 2.05) is 48.5 Å². The normalized spacial score (nSPS) is 15.4. The van der Waals surface area contributed by atoms with Crippen LogP contribution in [-0.2, 0) is 9.53 Å².